The second-order valence-corrected chi connectivity index (χ2v) is 5.89. The van der Waals surface area contributed by atoms with E-state index in [1.165, 1.54) is 51.4 Å². The lowest BCUT2D eigenvalue weighted by molar-refractivity contribution is -0.0145. The van der Waals surface area contributed by atoms with Crippen molar-refractivity contribution in [3.05, 3.63) is 0 Å². The Kier molecular flexibility index (Phi) is 7.87. The lowest BCUT2D eigenvalue weighted by Gasteiger charge is -2.32. The first-order valence-electron chi connectivity index (χ1n) is 7.83. The second kappa shape index (κ2) is 8.89. The zero-order chi connectivity index (χ0) is 13.3. The van der Waals surface area contributed by atoms with Gasteiger partial charge in [-0.3, -0.25) is 11.3 Å². The van der Waals surface area contributed by atoms with E-state index in [-0.39, 0.29) is 5.60 Å². The number of rotatable bonds is 10. The molecule has 108 valence electrons. The monoisotopic (exact) mass is 256 g/mol. The summed E-state index contributed by atoms with van der Waals surface area (Å²) < 4.78 is 5.86. The predicted octanol–water partition coefficient (Wildman–Crippen LogP) is 3.53. The summed E-state index contributed by atoms with van der Waals surface area (Å²) in [5.74, 6) is 5.69. The summed E-state index contributed by atoms with van der Waals surface area (Å²) in [6, 6.07) is 0.315. The van der Waals surface area contributed by atoms with Crippen molar-refractivity contribution >= 4 is 0 Å². The molecule has 3 heteroatoms. The van der Waals surface area contributed by atoms with Crippen LogP contribution < -0.4 is 11.3 Å². The van der Waals surface area contributed by atoms with Crippen LogP contribution in [0.4, 0.5) is 0 Å². The minimum atomic E-state index is -0.0308. The molecule has 0 bridgehead atoms. The Morgan fingerprint density at radius 3 is 2.39 bits per heavy atom. The first-order chi connectivity index (χ1) is 8.73. The van der Waals surface area contributed by atoms with Gasteiger partial charge in [0.25, 0.3) is 0 Å². The molecule has 0 aliphatic carbocycles. The van der Waals surface area contributed by atoms with E-state index in [1.54, 1.807) is 0 Å². The molecule has 0 aromatic rings. The van der Waals surface area contributed by atoms with Gasteiger partial charge in [0.05, 0.1) is 5.60 Å². The molecular weight excluding hydrogens is 224 g/mol. The Bertz CT molecular complexity index is 203. The van der Waals surface area contributed by atoms with Crippen LogP contribution in [0.15, 0.2) is 0 Å². The maximum absolute atomic E-state index is 5.86. The van der Waals surface area contributed by atoms with Crippen LogP contribution >= 0.6 is 0 Å². The van der Waals surface area contributed by atoms with Gasteiger partial charge in [0, 0.05) is 12.6 Å². The first kappa shape index (κ1) is 15.9. The van der Waals surface area contributed by atoms with E-state index in [2.05, 4.69) is 19.3 Å². The van der Waals surface area contributed by atoms with Gasteiger partial charge in [-0.1, -0.05) is 51.9 Å². The molecule has 0 aromatic carbocycles. The summed E-state index contributed by atoms with van der Waals surface area (Å²) in [5, 5.41) is 0. The summed E-state index contributed by atoms with van der Waals surface area (Å²) in [6.07, 6.45) is 12.9. The molecule has 18 heavy (non-hydrogen) atoms. The van der Waals surface area contributed by atoms with Crippen LogP contribution in [0.3, 0.4) is 0 Å². The number of hydrogen-bond donors (Lipinski definition) is 2. The van der Waals surface area contributed by atoms with Crippen molar-refractivity contribution in [2.45, 2.75) is 89.7 Å². The molecule has 3 nitrogen and oxygen atoms in total. The fourth-order valence-electron chi connectivity index (χ4n) is 2.95. The van der Waals surface area contributed by atoms with Crippen molar-refractivity contribution in [3.8, 4) is 0 Å². The summed E-state index contributed by atoms with van der Waals surface area (Å²) in [6.45, 7) is 5.36. The van der Waals surface area contributed by atoms with Gasteiger partial charge in [-0.2, -0.15) is 0 Å². The molecule has 1 fully saturated rings. The third-order valence-corrected chi connectivity index (χ3v) is 4.28. The zero-order valence-corrected chi connectivity index (χ0v) is 12.3. The number of nitrogens with two attached hydrogens (primary N) is 1. The van der Waals surface area contributed by atoms with Crippen LogP contribution in [0.25, 0.3) is 0 Å². The average Bonchev–Trinajstić information content (AvgIpc) is 2.80. The summed E-state index contributed by atoms with van der Waals surface area (Å²) >= 11 is 0. The van der Waals surface area contributed by atoms with Crippen LogP contribution in [-0.2, 0) is 4.74 Å². The fraction of sp³-hybridized carbons (Fsp3) is 1.00. The third-order valence-electron chi connectivity index (χ3n) is 4.28. The van der Waals surface area contributed by atoms with E-state index in [0.717, 1.165) is 19.4 Å². The third kappa shape index (κ3) is 5.25. The molecule has 2 atom stereocenters. The van der Waals surface area contributed by atoms with Crippen LogP contribution in [-0.4, -0.2) is 18.2 Å². The van der Waals surface area contributed by atoms with E-state index in [9.17, 15) is 0 Å². The molecular formula is C15H32N2O. The molecule has 1 aliphatic rings. The molecule has 1 saturated heterocycles. The molecule has 0 radical (unpaired) electrons. The Labute approximate surface area is 113 Å². The number of unbranched alkanes of at least 4 members (excludes halogenated alkanes) is 6. The normalized spacial score (nSPS) is 25.5. The second-order valence-electron chi connectivity index (χ2n) is 5.89. The van der Waals surface area contributed by atoms with Gasteiger partial charge in [-0.25, -0.2) is 0 Å². The molecule has 0 aromatic heterocycles. The van der Waals surface area contributed by atoms with Crippen LogP contribution in [0, 0.1) is 0 Å². The van der Waals surface area contributed by atoms with Crippen molar-refractivity contribution in [1.82, 2.24) is 5.43 Å². The van der Waals surface area contributed by atoms with Crippen LogP contribution in [0.1, 0.15) is 78.1 Å². The largest absolute Gasteiger partial charge is 0.374 e. The highest BCUT2D eigenvalue weighted by Gasteiger charge is 2.37. The van der Waals surface area contributed by atoms with E-state index in [0.29, 0.717) is 6.04 Å². The molecule has 1 aliphatic heterocycles. The molecule has 0 amide bonds. The number of nitrogens with one attached hydrogen (secondary N) is 1. The van der Waals surface area contributed by atoms with Crippen molar-refractivity contribution in [2.24, 2.45) is 5.84 Å². The number of hydrazine groups is 1. The van der Waals surface area contributed by atoms with Crippen molar-refractivity contribution < 1.29 is 4.74 Å². The quantitative estimate of drug-likeness (QED) is 0.357. The SMILES string of the molecule is CCCCCCCCCC(NN)C1(C)CCCO1. The van der Waals surface area contributed by atoms with E-state index < -0.39 is 0 Å². The van der Waals surface area contributed by atoms with E-state index in [1.807, 2.05) is 0 Å². The fourth-order valence-corrected chi connectivity index (χ4v) is 2.95. The van der Waals surface area contributed by atoms with Crippen molar-refractivity contribution in [1.29, 1.82) is 0 Å². The van der Waals surface area contributed by atoms with Crippen molar-refractivity contribution in [2.75, 3.05) is 6.61 Å². The molecule has 1 rings (SSSR count). The summed E-state index contributed by atoms with van der Waals surface area (Å²) in [5.41, 5.74) is 2.94. The molecule has 3 N–H and O–H groups in total. The molecule has 2 unspecified atom stereocenters. The van der Waals surface area contributed by atoms with Crippen LogP contribution in [0.2, 0.25) is 0 Å². The highest BCUT2D eigenvalue weighted by Crippen LogP contribution is 2.30. The Hall–Kier alpha value is -0.120. The lowest BCUT2D eigenvalue weighted by Crippen LogP contribution is -2.51. The number of ether oxygens (including phenoxy) is 1. The smallest absolute Gasteiger partial charge is 0.0821 e. The maximum atomic E-state index is 5.86. The molecule has 0 spiro atoms. The summed E-state index contributed by atoms with van der Waals surface area (Å²) in [4.78, 5) is 0. The van der Waals surface area contributed by atoms with Gasteiger partial charge in [-0.15, -0.1) is 0 Å². The first-order valence-corrected chi connectivity index (χ1v) is 7.83. The average molecular weight is 256 g/mol. The van der Waals surface area contributed by atoms with Crippen LogP contribution in [0.5, 0.6) is 0 Å². The topological polar surface area (TPSA) is 47.3 Å². The van der Waals surface area contributed by atoms with Crippen molar-refractivity contribution in [3.63, 3.8) is 0 Å². The van der Waals surface area contributed by atoms with E-state index >= 15 is 0 Å². The minimum absolute atomic E-state index is 0.0308. The van der Waals surface area contributed by atoms with Gasteiger partial charge < -0.3 is 4.74 Å². The Morgan fingerprint density at radius 1 is 1.17 bits per heavy atom. The molecule has 1 heterocycles. The van der Waals surface area contributed by atoms with Gasteiger partial charge >= 0.3 is 0 Å². The standard InChI is InChI=1S/C15H32N2O/c1-3-4-5-6-7-8-9-11-14(17-16)15(2)12-10-13-18-15/h14,17H,3-13,16H2,1-2H3. The zero-order valence-electron chi connectivity index (χ0n) is 12.3. The predicted molar refractivity (Wildman–Crippen MR) is 77.3 cm³/mol. The van der Waals surface area contributed by atoms with E-state index in [4.69, 9.17) is 10.6 Å². The Morgan fingerprint density at radius 2 is 1.83 bits per heavy atom. The highest BCUT2D eigenvalue weighted by atomic mass is 16.5. The summed E-state index contributed by atoms with van der Waals surface area (Å²) in [7, 11) is 0. The lowest BCUT2D eigenvalue weighted by atomic mass is 9.89. The highest BCUT2D eigenvalue weighted by molar-refractivity contribution is 4.91. The van der Waals surface area contributed by atoms with Gasteiger partial charge in [0.2, 0.25) is 0 Å². The Balaban J connectivity index is 2.08. The minimum Gasteiger partial charge on any atom is -0.374 e. The van der Waals surface area contributed by atoms with Gasteiger partial charge in [-0.05, 0) is 26.2 Å². The maximum Gasteiger partial charge on any atom is 0.0821 e. The number of hydrogen-bond acceptors (Lipinski definition) is 3. The van der Waals surface area contributed by atoms with Gasteiger partial charge in [0.15, 0.2) is 0 Å². The van der Waals surface area contributed by atoms with Gasteiger partial charge in [0.1, 0.15) is 0 Å². The molecule has 0 saturated carbocycles.